The van der Waals surface area contributed by atoms with Crippen LogP contribution in [0.25, 0.3) is 0 Å². The van der Waals surface area contributed by atoms with E-state index in [0.29, 0.717) is 17.8 Å². The summed E-state index contributed by atoms with van der Waals surface area (Å²) < 4.78 is 0. The minimum absolute atomic E-state index is 0.0223. The molecule has 24 heavy (non-hydrogen) atoms. The van der Waals surface area contributed by atoms with Gasteiger partial charge in [0, 0.05) is 5.54 Å². The molecule has 1 aromatic carbocycles. The van der Waals surface area contributed by atoms with Gasteiger partial charge in [0.2, 0.25) is 0 Å². The van der Waals surface area contributed by atoms with E-state index in [1.165, 1.54) is 19.3 Å². The Balaban J connectivity index is 1.43. The van der Waals surface area contributed by atoms with E-state index >= 15 is 0 Å². The van der Waals surface area contributed by atoms with Crippen molar-refractivity contribution < 1.29 is 14.7 Å². The van der Waals surface area contributed by atoms with Crippen LogP contribution in [0.15, 0.2) is 18.2 Å². The first-order valence-corrected chi connectivity index (χ1v) is 8.85. The number of benzene rings is 1. The molecule has 3 N–H and O–H groups in total. The zero-order valence-corrected chi connectivity index (χ0v) is 14.0. The van der Waals surface area contributed by atoms with Crippen LogP contribution in [0.3, 0.4) is 0 Å². The lowest BCUT2D eigenvalue weighted by Crippen LogP contribution is -2.61. The van der Waals surface area contributed by atoms with Crippen LogP contribution in [0.4, 0.5) is 5.69 Å². The van der Waals surface area contributed by atoms with Crippen molar-refractivity contribution in [2.24, 2.45) is 17.8 Å². The van der Waals surface area contributed by atoms with Crippen LogP contribution in [-0.4, -0.2) is 22.5 Å². The van der Waals surface area contributed by atoms with E-state index in [-0.39, 0.29) is 17.0 Å². The summed E-state index contributed by atoms with van der Waals surface area (Å²) in [6, 6.07) is 4.96. The highest BCUT2D eigenvalue weighted by Crippen LogP contribution is 2.55. The number of nitrogens with one attached hydrogen (secondary N) is 2. The van der Waals surface area contributed by atoms with E-state index in [1.54, 1.807) is 18.2 Å². The number of aromatic hydroxyl groups is 1. The molecule has 0 radical (unpaired) electrons. The number of hydrogen-bond donors (Lipinski definition) is 3. The highest BCUT2D eigenvalue weighted by Gasteiger charge is 2.51. The molecule has 0 aromatic heterocycles. The van der Waals surface area contributed by atoms with Crippen LogP contribution in [0.2, 0.25) is 0 Å². The van der Waals surface area contributed by atoms with E-state index < -0.39 is 11.8 Å². The summed E-state index contributed by atoms with van der Waals surface area (Å²) in [7, 11) is 0. The van der Waals surface area contributed by atoms with Gasteiger partial charge < -0.3 is 15.7 Å². The first-order chi connectivity index (χ1) is 11.4. The maximum atomic E-state index is 12.4. The molecule has 0 saturated heterocycles. The average molecular weight is 328 g/mol. The zero-order chi connectivity index (χ0) is 16.9. The molecule has 4 aliphatic carbocycles. The Morgan fingerprint density at radius 3 is 2.17 bits per heavy atom. The molecular formula is C19H24N2O3. The van der Waals surface area contributed by atoms with Crippen LogP contribution in [0.1, 0.15) is 44.1 Å². The number of aryl methyl sites for hydroxylation is 1. The van der Waals surface area contributed by atoms with E-state index in [9.17, 15) is 14.7 Å². The van der Waals surface area contributed by atoms with Gasteiger partial charge in [0.25, 0.3) is 0 Å². The standard InChI is InChI=1S/C19H24N2O3/c1-11-2-3-15(16(22)4-11)20-17(23)18(24)21-19-8-12-5-13(9-19)7-14(6-12)10-19/h2-4,12-14,22H,5-10H2,1H3,(H,20,23)(H,21,24). The molecule has 2 amide bonds. The second-order valence-electron chi connectivity index (χ2n) is 8.13. The Kier molecular flexibility index (Phi) is 3.55. The largest absolute Gasteiger partial charge is 0.506 e. The zero-order valence-electron chi connectivity index (χ0n) is 14.0. The smallest absolute Gasteiger partial charge is 0.313 e. The number of rotatable bonds is 2. The highest BCUT2D eigenvalue weighted by atomic mass is 16.3. The Morgan fingerprint density at radius 1 is 1.04 bits per heavy atom. The van der Waals surface area contributed by atoms with Crippen LogP contribution in [-0.2, 0) is 9.59 Å². The molecule has 0 aliphatic heterocycles. The van der Waals surface area contributed by atoms with Gasteiger partial charge in [-0.2, -0.15) is 0 Å². The van der Waals surface area contributed by atoms with Crippen LogP contribution < -0.4 is 10.6 Å². The van der Waals surface area contributed by atoms with Gasteiger partial charge in [0.05, 0.1) is 5.69 Å². The summed E-state index contributed by atoms with van der Waals surface area (Å²) >= 11 is 0. The summed E-state index contributed by atoms with van der Waals surface area (Å²) in [5.74, 6) is 0.815. The van der Waals surface area contributed by atoms with Crippen molar-refractivity contribution in [3.63, 3.8) is 0 Å². The molecule has 5 nitrogen and oxygen atoms in total. The van der Waals surface area contributed by atoms with Crippen molar-refractivity contribution in [2.45, 2.75) is 51.0 Å². The molecule has 4 bridgehead atoms. The number of hydrogen-bond acceptors (Lipinski definition) is 3. The number of anilines is 1. The van der Waals surface area contributed by atoms with Gasteiger partial charge >= 0.3 is 11.8 Å². The third-order valence-corrected chi connectivity index (χ3v) is 6.02. The van der Waals surface area contributed by atoms with E-state index in [0.717, 1.165) is 24.8 Å². The van der Waals surface area contributed by atoms with Crippen LogP contribution in [0.5, 0.6) is 5.75 Å². The fourth-order valence-corrected chi connectivity index (χ4v) is 5.49. The number of phenolic OH excluding ortho intramolecular Hbond substituents is 1. The molecule has 0 heterocycles. The molecule has 5 rings (SSSR count). The fraction of sp³-hybridized carbons (Fsp3) is 0.579. The van der Waals surface area contributed by atoms with Crippen molar-refractivity contribution in [3.05, 3.63) is 23.8 Å². The number of carbonyl (C=O) groups is 2. The summed E-state index contributed by atoms with van der Waals surface area (Å²) in [4.78, 5) is 24.6. The van der Waals surface area contributed by atoms with E-state index in [1.807, 2.05) is 6.92 Å². The van der Waals surface area contributed by atoms with Crippen molar-refractivity contribution >= 4 is 17.5 Å². The van der Waals surface area contributed by atoms with Crippen molar-refractivity contribution in [3.8, 4) is 5.75 Å². The summed E-state index contributed by atoms with van der Waals surface area (Å²) in [6.07, 6.45) is 6.89. The van der Waals surface area contributed by atoms with Crippen molar-refractivity contribution in [1.29, 1.82) is 0 Å². The van der Waals surface area contributed by atoms with Gasteiger partial charge in [-0.25, -0.2) is 0 Å². The first-order valence-electron chi connectivity index (χ1n) is 8.85. The molecular weight excluding hydrogens is 304 g/mol. The minimum Gasteiger partial charge on any atom is -0.506 e. The van der Waals surface area contributed by atoms with E-state index in [4.69, 9.17) is 0 Å². The molecule has 0 unspecified atom stereocenters. The monoisotopic (exact) mass is 328 g/mol. The van der Waals surface area contributed by atoms with Crippen molar-refractivity contribution in [2.75, 3.05) is 5.32 Å². The van der Waals surface area contributed by atoms with Gasteiger partial charge in [-0.15, -0.1) is 0 Å². The topological polar surface area (TPSA) is 78.4 Å². The van der Waals surface area contributed by atoms with Gasteiger partial charge in [-0.3, -0.25) is 9.59 Å². The molecule has 1 aromatic rings. The Morgan fingerprint density at radius 2 is 1.62 bits per heavy atom. The molecule has 5 heteroatoms. The van der Waals surface area contributed by atoms with Crippen LogP contribution in [0, 0.1) is 24.7 Å². The van der Waals surface area contributed by atoms with Gasteiger partial charge in [-0.1, -0.05) is 6.07 Å². The molecule has 4 saturated carbocycles. The highest BCUT2D eigenvalue weighted by molar-refractivity contribution is 6.40. The Hall–Kier alpha value is -2.04. The normalized spacial score (nSPS) is 33.3. The van der Waals surface area contributed by atoms with Gasteiger partial charge in [0.1, 0.15) is 5.75 Å². The maximum absolute atomic E-state index is 12.4. The lowest BCUT2D eigenvalue weighted by molar-refractivity contribution is -0.139. The molecule has 128 valence electrons. The molecule has 4 fully saturated rings. The summed E-state index contributed by atoms with van der Waals surface area (Å²) in [5, 5.41) is 15.4. The van der Waals surface area contributed by atoms with Crippen molar-refractivity contribution in [1.82, 2.24) is 5.32 Å². The second-order valence-corrected chi connectivity index (χ2v) is 8.13. The van der Waals surface area contributed by atoms with Crippen LogP contribution >= 0.6 is 0 Å². The summed E-state index contributed by atoms with van der Waals surface area (Å²) in [6.45, 7) is 1.85. The number of carbonyl (C=O) groups excluding carboxylic acids is 2. The lowest BCUT2D eigenvalue weighted by atomic mass is 9.53. The van der Waals surface area contributed by atoms with E-state index in [2.05, 4.69) is 10.6 Å². The predicted octanol–water partition coefficient (Wildman–Crippen LogP) is 2.72. The SMILES string of the molecule is Cc1ccc(NC(=O)C(=O)NC23CC4CC(CC(C4)C2)C3)c(O)c1. The minimum atomic E-state index is -0.704. The van der Waals surface area contributed by atoms with Gasteiger partial charge in [0.15, 0.2) is 0 Å². The quantitative estimate of drug-likeness (QED) is 0.577. The fourth-order valence-electron chi connectivity index (χ4n) is 5.49. The summed E-state index contributed by atoms with van der Waals surface area (Å²) in [5.41, 5.74) is 0.980. The number of amides is 2. The maximum Gasteiger partial charge on any atom is 0.313 e. The molecule has 0 atom stereocenters. The lowest BCUT2D eigenvalue weighted by Gasteiger charge is -2.56. The average Bonchev–Trinajstić information content (AvgIpc) is 2.48. The van der Waals surface area contributed by atoms with Gasteiger partial charge in [-0.05, 0) is 80.9 Å². The Bertz CT molecular complexity index is 663. The second kappa shape index (κ2) is 5.50. The first kappa shape index (κ1) is 15.5. The Labute approximate surface area is 141 Å². The third-order valence-electron chi connectivity index (χ3n) is 6.02. The molecule has 4 aliphatic rings. The predicted molar refractivity (Wildman–Crippen MR) is 90.5 cm³/mol. The third kappa shape index (κ3) is 2.76. The molecule has 0 spiro atoms. The number of phenols is 1.